The number of anilines is 1. The van der Waals surface area contributed by atoms with Crippen LogP contribution in [0.15, 0.2) is 48.5 Å². The van der Waals surface area contributed by atoms with Gasteiger partial charge in [-0.05, 0) is 42.0 Å². The number of benzene rings is 2. The first kappa shape index (κ1) is 16.5. The average molecular weight is 313 g/mol. The van der Waals surface area contributed by atoms with Crippen molar-refractivity contribution in [1.82, 2.24) is 5.32 Å². The summed E-state index contributed by atoms with van der Waals surface area (Å²) in [5.74, 6) is -1.08. The first-order chi connectivity index (χ1) is 11.1. The highest BCUT2D eigenvalue weighted by Gasteiger charge is 2.04. The molecule has 2 aromatic carbocycles. The quantitative estimate of drug-likeness (QED) is 0.622. The zero-order chi connectivity index (χ0) is 16.7. The molecule has 0 aliphatic rings. The van der Waals surface area contributed by atoms with Crippen molar-refractivity contribution in [3.63, 3.8) is 0 Å². The lowest BCUT2D eigenvalue weighted by Crippen LogP contribution is -2.28. The number of rotatable bonds is 7. The van der Waals surface area contributed by atoms with Crippen molar-refractivity contribution >= 4 is 17.6 Å². The van der Waals surface area contributed by atoms with Crippen LogP contribution in [-0.4, -0.2) is 30.1 Å². The molecule has 6 heteroatoms. The van der Waals surface area contributed by atoms with Crippen LogP contribution in [0.4, 0.5) is 5.69 Å². The zero-order valence-corrected chi connectivity index (χ0v) is 12.6. The molecule has 0 spiro atoms. The van der Waals surface area contributed by atoms with E-state index in [-0.39, 0.29) is 11.5 Å². The standard InChI is InChI=1S/C17H19N3O3/c18-9-10-19-16(21)13-5-7-15(8-6-13)20-11-12-1-3-14(4-2-12)17(22)23/h1-8,20H,9-11,18H2,(H,19,21)(H,22,23). The molecular weight excluding hydrogens is 294 g/mol. The lowest BCUT2D eigenvalue weighted by atomic mass is 10.1. The first-order valence-corrected chi connectivity index (χ1v) is 7.24. The number of aromatic carboxylic acids is 1. The lowest BCUT2D eigenvalue weighted by molar-refractivity contribution is 0.0696. The van der Waals surface area contributed by atoms with Gasteiger partial charge in [-0.1, -0.05) is 12.1 Å². The largest absolute Gasteiger partial charge is 0.478 e. The highest BCUT2D eigenvalue weighted by molar-refractivity contribution is 5.94. The van der Waals surface area contributed by atoms with Crippen molar-refractivity contribution in [1.29, 1.82) is 0 Å². The average Bonchev–Trinajstić information content (AvgIpc) is 2.58. The van der Waals surface area contributed by atoms with Crippen LogP contribution in [0.3, 0.4) is 0 Å². The number of amides is 1. The summed E-state index contributed by atoms with van der Waals surface area (Å²) in [5, 5.41) is 14.8. The normalized spacial score (nSPS) is 10.1. The molecule has 2 rings (SSSR count). The minimum Gasteiger partial charge on any atom is -0.478 e. The minimum atomic E-state index is -0.937. The Morgan fingerprint density at radius 2 is 1.57 bits per heavy atom. The molecule has 0 saturated carbocycles. The van der Waals surface area contributed by atoms with Crippen molar-refractivity contribution in [2.45, 2.75) is 6.54 Å². The number of carboxylic acid groups (broad SMARTS) is 1. The fraction of sp³-hybridized carbons (Fsp3) is 0.176. The van der Waals surface area contributed by atoms with Crippen LogP contribution in [0.25, 0.3) is 0 Å². The van der Waals surface area contributed by atoms with Crippen molar-refractivity contribution in [2.24, 2.45) is 5.73 Å². The van der Waals surface area contributed by atoms with E-state index in [9.17, 15) is 9.59 Å². The second-order valence-electron chi connectivity index (χ2n) is 4.98. The van der Waals surface area contributed by atoms with Gasteiger partial charge in [0.15, 0.2) is 0 Å². The van der Waals surface area contributed by atoms with Crippen molar-refractivity contribution in [2.75, 3.05) is 18.4 Å². The summed E-state index contributed by atoms with van der Waals surface area (Å²) in [6, 6.07) is 13.8. The molecule has 0 bridgehead atoms. The molecule has 1 amide bonds. The van der Waals surface area contributed by atoms with Crippen LogP contribution in [0.2, 0.25) is 0 Å². The highest BCUT2D eigenvalue weighted by Crippen LogP contribution is 2.12. The molecule has 6 nitrogen and oxygen atoms in total. The van der Waals surface area contributed by atoms with Gasteiger partial charge in [0.2, 0.25) is 0 Å². The highest BCUT2D eigenvalue weighted by atomic mass is 16.4. The van der Waals surface area contributed by atoms with Crippen molar-refractivity contribution in [3.8, 4) is 0 Å². The Balaban J connectivity index is 1.90. The Morgan fingerprint density at radius 1 is 0.957 bits per heavy atom. The Kier molecular flexibility index (Phi) is 5.71. The van der Waals surface area contributed by atoms with Gasteiger partial charge in [-0.2, -0.15) is 0 Å². The molecule has 0 heterocycles. The third-order valence-electron chi connectivity index (χ3n) is 3.27. The summed E-state index contributed by atoms with van der Waals surface area (Å²) in [5.41, 5.74) is 8.04. The molecular formula is C17H19N3O3. The Hall–Kier alpha value is -2.86. The van der Waals surface area contributed by atoms with Gasteiger partial charge in [-0.25, -0.2) is 4.79 Å². The fourth-order valence-electron chi connectivity index (χ4n) is 2.00. The molecule has 0 atom stereocenters. The summed E-state index contributed by atoms with van der Waals surface area (Å²) < 4.78 is 0. The maximum Gasteiger partial charge on any atom is 0.335 e. The first-order valence-electron chi connectivity index (χ1n) is 7.24. The van der Waals surface area contributed by atoms with Crippen LogP contribution in [0.5, 0.6) is 0 Å². The lowest BCUT2D eigenvalue weighted by Gasteiger charge is -2.08. The number of hydrogen-bond donors (Lipinski definition) is 4. The SMILES string of the molecule is NCCNC(=O)c1ccc(NCc2ccc(C(=O)O)cc2)cc1. The Labute approximate surface area is 134 Å². The van der Waals surface area contributed by atoms with Crippen LogP contribution in [-0.2, 0) is 6.54 Å². The van der Waals surface area contributed by atoms with Gasteiger partial charge in [0, 0.05) is 30.9 Å². The third kappa shape index (κ3) is 4.82. The van der Waals surface area contributed by atoms with E-state index < -0.39 is 5.97 Å². The van der Waals surface area contributed by atoms with Crippen molar-refractivity contribution < 1.29 is 14.7 Å². The zero-order valence-electron chi connectivity index (χ0n) is 12.6. The van der Waals surface area contributed by atoms with Gasteiger partial charge in [0.25, 0.3) is 5.91 Å². The molecule has 0 radical (unpaired) electrons. The summed E-state index contributed by atoms with van der Waals surface area (Å²) in [7, 11) is 0. The number of carbonyl (C=O) groups is 2. The topological polar surface area (TPSA) is 104 Å². The van der Waals surface area contributed by atoms with E-state index in [4.69, 9.17) is 10.8 Å². The molecule has 2 aromatic rings. The molecule has 23 heavy (non-hydrogen) atoms. The van der Waals surface area contributed by atoms with Gasteiger partial charge >= 0.3 is 5.97 Å². The monoisotopic (exact) mass is 313 g/mol. The van der Waals surface area contributed by atoms with E-state index in [0.717, 1.165) is 11.3 Å². The second kappa shape index (κ2) is 7.95. The van der Waals surface area contributed by atoms with Gasteiger partial charge in [-0.15, -0.1) is 0 Å². The molecule has 0 aromatic heterocycles. The van der Waals surface area contributed by atoms with E-state index in [1.54, 1.807) is 36.4 Å². The van der Waals surface area contributed by atoms with E-state index in [0.29, 0.717) is 25.2 Å². The molecule has 0 aliphatic heterocycles. The molecule has 0 aliphatic carbocycles. The van der Waals surface area contributed by atoms with Gasteiger partial charge in [0.1, 0.15) is 0 Å². The van der Waals surface area contributed by atoms with Crippen molar-refractivity contribution in [3.05, 3.63) is 65.2 Å². The number of carbonyl (C=O) groups excluding carboxylic acids is 1. The van der Waals surface area contributed by atoms with Crippen LogP contribution >= 0.6 is 0 Å². The second-order valence-corrected chi connectivity index (χ2v) is 4.98. The molecule has 120 valence electrons. The third-order valence-corrected chi connectivity index (χ3v) is 3.27. The van der Waals surface area contributed by atoms with Crippen LogP contribution in [0, 0.1) is 0 Å². The summed E-state index contributed by atoms with van der Waals surface area (Å²) in [6.45, 7) is 1.43. The molecule has 0 fully saturated rings. The minimum absolute atomic E-state index is 0.147. The smallest absolute Gasteiger partial charge is 0.335 e. The number of nitrogens with one attached hydrogen (secondary N) is 2. The number of carboxylic acids is 1. The number of hydrogen-bond acceptors (Lipinski definition) is 4. The van der Waals surface area contributed by atoms with Gasteiger partial charge in [-0.3, -0.25) is 4.79 Å². The summed E-state index contributed by atoms with van der Waals surface area (Å²) >= 11 is 0. The van der Waals surface area contributed by atoms with Gasteiger partial charge in [0.05, 0.1) is 5.56 Å². The summed E-state index contributed by atoms with van der Waals surface area (Å²) in [6.07, 6.45) is 0. The molecule has 0 saturated heterocycles. The molecule has 5 N–H and O–H groups in total. The van der Waals surface area contributed by atoms with E-state index in [1.165, 1.54) is 0 Å². The molecule has 0 unspecified atom stereocenters. The van der Waals surface area contributed by atoms with Crippen LogP contribution < -0.4 is 16.4 Å². The maximum atomic E-state index is 11.7. The van der Waals surface area contributed by atoms with Gasteiger partial charge < -0.3 is 21.5 Å². The number of nitrogens with two attached hydrogens (primary N) is 1. The van der Waals surface area contributed by atoms with E-state index in [2.05, 4.69) is 10.6 Å². The Bertz CT molecular complexity index is 666. The fourth-order valence-corrected chi connectivity index (χ4v) is 2.00. The van der Waals surface area contributed by atoms with E-state index in [1.807, 2.05) is 12.1 Å². The van der Waals surface area contributed by atoms with Crippen LogP contribution in [0.1, 0.15) is 26.3 Å². The predicted octanol–water partition coefficient (Wildman–Crippen LogP) is 1.69. The van der Waals surface area contributed by atoms with E-state index >= 15 is 0 Å². The Morgan fingerprint density at radius 3 is 2.13 bits per heavy atom. The predicted molar refractivity (Wildman–Crippen MR) is 88.6 cm³/mol. The summed E-state index contributed by atoms with van der Waals surface area (Å²) in [4.78, 5) is 22.5. The maximum absolute atomic E-state index is 11.7.